The molecule has 27 heavy (non-hydrogen) atoms. The van der Waals surface area contributed by atoms with Crippen LogP contribution in [0.15, 0.2) is 23.1 Å². The van der Waals surface area contributed by atoms with Gasteiger partial charge in [0.05, 0.1) is 10.5 Å². The molecule has 0 aromatic heterocycles. The Balaban J connectivity index is 2.91. The predicted octanol–water partition coefficient (Wildman–Crippen LogP) is 2.32. The second-order valence-electron chi connectivity index (χ2n) is 6.06. The fourth-order valence-electron chi connectivity index (χ4n) is 2.56. The maximum Gasteiger partial charge on any atom is 0.341 e. The van der Waals surface area contributed by atoms with E-state index >= 15 is 0 Å². The zero-order valence-corrected chi connectivity index (χ0v) is 16.9. The monoisotopic (exact) mass is 402 g/mol. The van der Waals surface area contributed by atoms with Gasteiger partial charge in [0.15, 0.2) is 6.61 Å². The molecule has 0 bridgehead atoms. The summed E-state index contributed by atoms with van der Waals surface area (Å²) >= 11 is 0. The molecule has 0 saturated heterocycles. The Labute approximate surface area is 159 Å². The third-order valence-corrected chi connectivity index (χ3v) is 6.01. The van der Waals surface area contributed by atoms with E-state index in [9.17, 15) is 22.4 Å². The number of sulfonamides is 1. The topological polar surface area (TPSA) is 92.8 Å². The lowest BCUT2D eigenvalue weighted by Crippen LogP contribution is -2.35. The summed E-state index contributed by atoms with van der Waals surface area (Å²) in [6, 6.07) is 2.86. The molecular formula is C18H27FN2O5S. The van der Waals surface area contributed by atoms with Crippen molar-refractivity contribution < 1.29 is 27.1 Å². The van der Waals surface area contributed by atoms with Gasteiger partial charge in [0.25, 0.3) is 5.91 Å². The Kier molecular flexibility index (Phi) is 8.84. The van der Waals surface area contributed by atoms with E-state index in [1.165, 1.54) is 4.31 Å². The van der Waals surface area contributed by atoms with Gasteiger partial charge in [-0.25, -0.2) is 17.6 Å². The molecule has 9 heteroatoms. The van der Waals surface area contributed by atoms with E-state index in [-0.39, 0.29) is 24.0 Å². The lowest BCUT2D eigenvalue weighted by Gasteiger charge is -2.18. The fourth-order valence-corrected chi connectivity index (χ4v) is 4.05. The average Bonchev–Trinajstić information content (AvgIpc) is 2.60. The fraction of sp³-hybridized carbons (Fsp3) is 0.556. The van der Waals surface area contributed by atoms with Gasteiger partial charge in [0.1, 0.15) is 5.82 Å². The molecule has 0 saturated carbocycles. The summed E-state index contributed by atoms with van der Waals surface area (Å²) in [5.74, 6) is -2.52. The van der Waals surface area contributed by atoms with Crippen LogP contribution in [0.25, 0.3) is 0 Å². The molecule has 0 aliphatic rings. The van der Waals surface area contributed by atoms with E-state index in [0.29, 0.717) is 0 Å². The Bertz CT molecular complexity index is 763. The molecule has 0 spiro atoms. The summed E-state index contributed by atoms with van der Waals surface area (Å²) in [7, 11) is -3.85. The molecule has 0 heterocycles. The van der Waals surface area contributed by atoms with Crippen molar-refractivity contribution in [3.05, 3.63) is 29.6 Å². The maximum atomic E-state index is 14.0. The van der Waals surface area contributed by atoms with Crippen LogP contribution in [0.4, 0.5) is 4.39 Å². The van der Waals surface area contributed by atoms with E-state index in [4.69, 9.17) is 4.74 Å². The Hall–Kier alpha value is -2.00. The van der Waals surface area contributed by atoms with Crippen molar-refractivity contribution in [1.82, 2.24) is 9.62 Å². The van der Waals surface area contributed by atoms with Gasteiger partial charge in [-0.15, -0.1) is 0 Å². The number of halogens is 1. The number of ether oxygens (including phenoxy) is 1. The van der Waals surface area contributed by atoms with E-state index in [2.05, 4.69) is 5.32 Å². The lowest BCUT2D eigenvalue weighted by molar-refractivity contribution is -0.124. The van der Waals surface area contributed by atoms with Crippen molar-refractivity contribution in [2.24, 2.45) is 0 Å². The number of carbonyl (C=O) groups is 2. The van der Waals surface area contributed by atoms with Crippen LogP contribution in [-0.2, 0) is 19.6 Å². The van der Waals surface area contributed by atoms with Gasteiger partial charge in [-0.1, -0.05) is 27.2 Å². The zero-order chi connectivity index (χ0) is 20.6. The van der Waals surface area contributed by atoms with Crippen LogP contribution in [0.5, 0.6) is 0 Å². The molecule has 1 atom stereocenters. The first kappa shape index (κ1) is 23.0. The molecule has 0 fully saturated rings. The first-order chi connectivity index (χ1) is 12.7. The van der Waals surface area contributed by atoms with Gasteiger partial charge in [0, 0.05) is 19.1 Å². The standard InChI is InChI=1S/C18H27FN2O5S/c1-5-8-13(4)20-17(22)12-26-18(23)15-11-14(9-10-16(15)19)27(24,25)21(6-2)7-3/h9-11,13H,5-8,12H2,1-4H3,(H,20,22)/t13-/m0/s1. The van der Waals surface area contributed by atoms with E-state index in [1.54, 1.807) is 13.8 Å². The van der Waals surface area contributed by atoms with Crippen molar-refractivity contribution in [2.75, 3.05) is 19.7 Å². The largest absolute Gasteiger partial charge is 0.452 e. The summed E-state index contributed by atoms with van der Waals surface area (Å²) in [4.78, 5) is 23.7. The van der Waals surface area contributed by atoms with Crippen LogP contribution in [0.1, 0.15) is 50.9 Å². The van der Waals surface area contributed by atoms with Crippen molar-refractivity contribution in [3.63, 3.8) is 0 Å². The molecule has 1 N–H and O–H groups in total. The molecule has 1 rings (SSSR count). The van der Waals surface area contributed by atoms with Gasteiger partial charge in [0.2, 0.25) is 10.0 Å². The highest BCUT2D eigenvalue weighted by Crippen LogP contribution is 2.20. The predicted molar refractivity (Wildman–Crippen MR) is 99.3 cm³/mol. The second-order valence-corrected chi connectivity index (χ2v) is 8.00. The van der Waals surface area contributed by atoms with Crippen molar-refractivity contribution in [3.8, 4) is 0 Å². The molecular weight excluding hydrogens is 375 g/mol. The minimum atomic E-state index is -3.85. The van der Waals surface area contributed by atoms with Crippen molar-refractivity contribution in [2.45, 2.75) is 51.5 Å². The molecule has 0 aliphatic heterocycles. The third-order valence-electron chi connectivity index (χ3n) is 3.96. The number of nitrogens with one attached hydrogen (secondary N) is 1. The third kappa shape index (κ3) is 6.28. The number of rotatable bonds is 10. The number of carbonyl (C=O) groups excluding carboxylic acids is 2. The SMILES string of the molecule is CCC[C@H](C)NC(=O)COC(=O)c1cc(S(=O)(=O)N(CC)CC)ccc1F. The highest BCUT2D eigenvalue weighted by atomic mass is 32.2. The van der Waals surface area contributed by atoms with Crippen LogP contribution in [0.2, 0.25) is 0 Å². The Morgan fingerprint density at radius 1 is 1.22 bits per heavy atom. The molecule has 0 unspecified atom stereocenters. The first-order valence-corrected chi connectivity index (χ1v) is 10.4. The highest BCUT2D eigenvalue weighted by molar-refractivity contribution is 7.89. The summed E-state index contributed by atoms with van der Waals surface area (Å²) in [6.45, 7) is 7.07. The smallest absolute Gasteiger partial charge is 0.341 e. The van der Waals surface area contributed by atoms with Crippen LogP contribution in [0, 0.1) is 5.82 Å². The Morgan fingerprint density at radius 2 is 1.85 bits per heavy atom. The summed E-state index contributed by atoms with van der Waals surface area (Å²) in [5, 5.41) is 2.66. The van der Waals surface area contributed by atoms with Gasteiger partial charge in [-0.05, 0) is 31.5 Å². The molecule has 7 nitrogen and oxygen atoms in total. The van der Waals surface area contributed by atoms with Crippen LogP contribution < -0.4 is 5.32 Å². The summed E-state index contributed by atoms with van der Waals surface area (Å²) in [6.07, 6.45) is 1.67. The zero-order valence-electron chi connectivity index (χ0n) is 16.1. The normalized spacial score (nSPS) is 12.7. The molecule has 1 amide bonds. The Morgan fingerprint density at radius 3 is 2.41 bits per heavy atom. The van der Waals surface area contributed by atoms with Crippen molar-refractivity contribution >= 4 is 21.9 Å². The van der Waals surface area contributed by atoms with Gasteiger partial charge in [-0.3, -0.25) is 4.79 Å². The van der Waals surface area contributed by atoms with Gasteiger partial charge >= 0.3 is 5.97 Å². The highest BCUT2D eigenvalue weighted by Gasteiger charge is 2.25. The molecule has 1 aromatic rings. The van der Waals surface area contributed by atoms with Crippen LogP contribution >= 0.6 is 0 Å². The minimum Gasteiger partial charge on any atom is -0.452 e. The minimum absolute atomic E-state index is 0.0690. The average molecular weight is 402 g/mol. The summed E-state index contributed by atoms with van der Waals surface area (Å²) in [5.41, 5.74) is -0.530. The van der Waals surface area contributed by atoms with Crippen LogP contribution in [-0.4, -0.2) is 50.3 Å². The van der Waals surface area contributed by atoms with Crippen molar-refractivity contribution in [1.29, 1.82) is 0 Å². The number of benzene rings is 1. The van der Waals surface area contributed by atoms with E-state index < -0.39 is 39.9 Å². The number of esters is 1. The van der Waals surface area contributed by atoms with E-state index in [0.717, 1.165) is 31.0 Å². The number of hydrogen-bond acceptors (Lipinski definition) is 5. The number of nitrogens with zero attached hydrogens (tertiary/aromatic N) is 1. The van der Waals surface area contributed by atoms with E-state index in [1.807, 2.05) is 13.8 Å². The summed E-state index contributed by atoms with van der Waals surface area (Å²) < 4.78 is 45.1. The molecule has 1 aromatic carbocycles. The quantitative estimate of drug-likeness (QED) is 0.606. The first-order valence-electron chi connectivity index (χ1n) is 8.93. The van der Waals surface area contributed by atoms with Gasteiger partial charge in [-0.2, -0.15) is 4.31 Å². The molecule has 152 valence electrons. The van der Waals surface area contributed by atoms with Gasteiger partial charge < -0.3 is 10.1 Å². The lowest BCUT2D eigenvalue weighted by atomic mass is 10.2. The van der Waals surface area contributed by atoms with Crippen LogP contribution in [0.3, 0.4) is 0 Å². The number of hydrogen-bond donors (Lipinski definition) is 1. The maximum absolute atomic E-state index is 14.0. The second kappa shape index (κ2) is 10.4. The molecule has 0 radical (unpaired) electrons. The molecule has 0 aliphatic carbocycles. The number of amides is 1.